The molecule has 2 aromatic heterocycles. The van der Waals surface area contributed by atoms with E-state index in [1.165, 1.54) is 6.07 Å². The number of anilines is 2. The molecule has 140 valence electrons. The Morgan fingerprint density at radius 3 is 2.59 bits per heavy atom. The molecule has 4 rings (SSSR count). The van der Waals surface area contributed by atoms with E-state index in [9.17, 15) is 18.3 Å². The zero-order chi connectivity index (χ0) is 19.4. The molecule has 0 aliphatic carbocycles. The fourth-order valence-electron chi connectivity index (χ4n) is 2.85. The monoisotopic (exact) mass is 377 g/mol. The average molecular weight is 377 g/mol. The molecule has 0 fully saturated rings. The lowest BCUT2D eigenvalue weighted by Crippen LogP contribution is -2.55. The van der Waals surface area contributed by atoms with Crippen LogP contribution in [0.15, 0.2) is 41.8 Å². The first-order valence-corrected chi connectivity index (χ1v) is 7.89. The summed E-state index contributed by atoms with van der Waals surface area (Å²) in [5, 5.41) is 18.8. The van der Waals surface area contributed by atoms with Gasteiger partial charge in [0.25, 0.3) is 11.7 Å². The Kier molecular flexibility index (Phi) is 3.60. The lowest BCUT2D eigenvalue weighted by Gasteiger charge is -2.33. The van der Waals surface area contributed by atoms with E-state index in [0.717, 1.165) is 16.4 Å². The molecule has 1 aliphatic rings. The number of hydrogen-bond donors (Lipinski definition) is 2. The van der Waals surface area contributed by atoms with Gasteiger partial charge in [-0.2, -0.15) is 37.9 Å². The third-order valence-corrected chi connectivity index (χ3v) is 4.28. The highest BCUT2D eigenvalue weighted by molar-refractivity contribution is 6.03. The van der Waals surface area contributed by atoms with Crippen LogP contribution in [-0.2, 0) is 0 Å². The molecule has 0 unspecified atom stereocenters. The van der Waals surface area contributed by atoms with E-state index in [4.69, 9.17) is 5.73 Å². The van der Waals surface area contributed by atoms with Gasteiger partial charge in [-0.3, -0.25) is 0 Å². The molecule has 11 heteroatoms. The molecule has 27 heavy (non-hydrogen) atoms. The van der Waals surface area contributed by atoms with Crippen LogP contribution in [0.5, 0.6) is 0 Å². The van der Waals surface area contributed by atoms with Gasteiger partial charge in [0.1, 0.15) is 12.1 Å². The van der Waals surface area contributed by atoms with Crippen LogP contribution in [0.1, 0.15) is 17.5 Å². The van der Waals surface area contributed by atoms with Gasteiger partial charge in [-0.1, -0.05) is 29.8 Å². The zero-order valence-electron chi connectivity index (χ0n) is 14.0. The van der Waals surface area contributed by atoms with Crippen LogP contribution in [0.25, 0.3) is 5.65 Å². The number of halogens is 3. The molecular formula is C16H14F3N7O. The number of aliphatic hydroxyl groups is 1. The SMILES string of the molecule is Cc1ccc(C2=NN(c3nc(N)cc4ncnn34)[C@](O)(C(F)(F)F)C2)cc1. The Morgan fingerprint density at radius 1 is 1.22 bits per heavy atom. The normalized spacial score (nSPS) is 20.3. The molecular weight excluding hydrogens is 363 g/mol. The predicted octanol–water partition coefficient (Wildman–Crippen LogP) is 1.88. The average Bonchev–Trinajstić information content (AvgIpc) is 3.19. The lowest BCUT2D eigenvalue weighted by molar-refractivity contribution is -0.254. The largest absolute Gasteiger partial charge is 0.438 e. The Bertz CT molecular complexity index is 1040. The molecule has 1 atom stereocenters. The van der Waals surface area contributed by atoms with Crippen LogP contribution in [0.4, 0.5) is 24.9 Å². The van der Waals surface area contributed by atoms with E-state index >= 15 is 0 Å². The van der Waals surface area contributed by atoms with Crippen molar-refractivity contribution in [1.82, 2.24) is 19.6 Å². The van der Waals surface area contributed by atoms with E-state index in [1.807, 2.05) is 6.92 Å². The van der Waals surface area contributed by atoms with Crippen molar-refractivity contribution in [2.24, 2.45) is 5.10 Å². The maximum Gasteiger partial charge on any atom is 0.438 e. The minimum Gasteiger partial charge on any atom is -0.383 e. The number of benzene rings is 1. The summed E-state index contributed by atoms with van der Waals surface area (Å²) in [6.07, 6.45) is -4.64. The van der Waals surface area contributed by atoms with Crippen molar-refractivity contribution < 1.29 is 18.3 Å². The Balaban J connectivity index is 1.90. The smallest absolute Gasteiger partial charge is 0.383 e. The zero-order valence-corrected chi connectivity index (χ0v) is 14.0. The fourth-order valence-corrected chi connectivity index (χ4v) is 2.85. The number of fused-ring (bicyclic) bond motifs is 1. The highest BCUT2D eigenvalue weighted by Gasteiger charge is 2.63. The van der Waals surface area contributed by atoms with Crippen LogP contribution in [0.3, 0.4) is 0 Å². The number of aromatic nitrogens is 4. The molecule has 3 N–H and O–H groups in total. The summed E-state index contributed by atoms with van der Waals surface area (Å²) < 4.78 is 42.4. The highest BCUT2D eigenvalue weighted by atomic mass is 19.4. The molecule has 0 saturated carbocycles. The molecule has 0 amide bonds. The van der Waals surface area contributed by atoms with Crippen LogP contribution < -0.4 is 10.7 Å². The van der Waals surface area contributed by atoms with E-state index in [1.54, 1.807) is 24.3 Å². The van der Waals surface area contributed by atoms with Gasteiger partial charge in [0, 0.05) is 6.07 Å². The van der Waals surface area contributed by atoms with Crippen molar-refractivity contribution in [3.05, 3.63) is 47.8 Å². The number of hydrazone groups is 1. The van der Waals surface area contributed by atoms with Crippen LogP contribution in [0.2, 0.25) is 0 Å². The van der Waals surface area contributed by atoms with Gasteiger partial charge in [0.15, 0.2) is 5.65 Å². The number of aryl methyl sites for hydroxylation is 1. The van der Waals surface area contributed by atoms with Crippen LogP contribution >= 0.6 is 0 Å². The minimum absolute atomic E-state index is 0.0623. The maximum atomic E-state index is 13.8. The quantitative estimate of drug-likeness (QED) is 0.707. The number of rotatable bonds is 2. The molecule has 0 spiro atoms. The minimum atomic E-state index is -5.01. The Labute approximate surface area is 150 Å². The summed E-state index contributed by atoms with van der Waals surface area (Å²) in [6, 6.07) is 8.14. The highest BCUT2D eigenvalue weighted by Crippen LogP contribution is 2.43. The second-order valence-electron chi connectivity index (χ2n) is 6.23. The standard InChI is InChI=1S/C16H14F3N7O/c1-9-2-4-10(5-3-9)11-7-15(27,16(17,18)19)26(24-11)14-23-12(20)6-13-21-8-22-25(13)14/h2-6,8,27H,7,20H2,1H3/t15-/m1/s1. The predicted molar refractivity (Wildman–Crippen MR) is 91.0 cm³/mol. The summed E-state index contributed by atoms with van der Waals surface area (Å²) in [6.45, 7) is 1.86. The number of alkyl halides is 3. The van der Waals surface area contributed by atoms with E-state index < -0.39 is 18.3 Å². The van der Waals surface area contributed by atoms with Gasteiger partial charge < -0.3 is 10.8 Å². The first kappa shape index (κ1) is 17.2. The van der Waals surface area contributed by atoms with Gasteiger partial charge in [-0.15, -0.1) is 0 Å². The summed E-state index contributed by atoms with van der Waals surface area (Å²) >= 11 is 0. The van der Waals surface area contributed by atoms with Crippen LogP contribution in [-0.4, -0.2) is 42.3 Å². The molecule has 3 heterocycles. The van der Waals surface area contributed by atoms with Crippen molar-refractivity contribution in [2.75, 3.05) is 10.7 Å². The van der Waals surface area contributed by atoms with Crippen LogP contribution in [0, 0.1) is 6.92 Å². The van der Waals surface area contributed by atoms with Gasteiger partial charge in [-0.25, -0.2) is 4.98 Å². The Hall–Kier alpha value is -3.21. The molecule has 1 aromatic carbocycles. The number of nitrogen functional groups attached to an aromatic ring is 1. The first-order valence-electron chi connectivity index (χ1n) is 7.89. The topological polar surface area (TPSA) is 105 Å². The van der Waals surface area contributed by atoms with Gasteiger partial charge in [0.2, 0.25) is 0 Å². The summed E-state index contributed by atoms with van der Waals surface area (Å²) in [4.78, 5) is 7.81. The van der Waals surface area contributed by atoms with Gasteiger partial charge >= 0.3 is 6.18 Å². The number of hydrogen-bond acceptors (Lipinski definition) is 7. The van der Waals surface area contributed by atoms with Crippen molar-refractivity contribution >= 4 is 23.1 Å². The van der Waals surface area contributed by atoms with Crippen molar-refractivity contribution in [3.8, 4) is 0 Å². The van der Waals surface area contributed by atoms with Gasteiger partial charge in [-0.05, 0) is 12.5 Å². The lowest BCUT2D eigenvalue weighted by atomic mass is 10.0. The molecule has 0 bridgehead atoms. The second kappa shape index (κ2) is 5.64. The second-order valence-corrected chi connectivity index (χ2v) is 6.23. The third kappa shape index (κ3) is 2.67. The third-order valence-electron chi connectivity index (χ3n) is 4.28. The molecule has 1 aliphatic heterocycles. The van der Waals surface area contributed by atoms with E-state index in [0.29, 0.717) is 10.6 Å². The Morgan fingerprint density at radius 2 is 1.93 bits per heavy atom. The fraction of sp³-hybridized carbons (Fsp3) is 0.250. The molecule has 3 aromatic rings. The van der Waals surface area contributed by atoms with Gasteiger partial charge in [0.05, 0.1) is 12.1 Å². The van der Waals surface area contributed by atoms with E-state index in [-0.39, 0.29) is 23.1 Å². The van der Waals surface area contributed by atoms with Crippen molar-refractivity contribution in [1.29, 1.82) is 0 Å². The molecule has 0 radical (unpaired) electrons. The first-order chi connectivity index (χ1) is 12.7. The van der Waals surface area contributed by atoms with E-state index in [2.05, 4.69) is 20.2 Å². The van der Waals surface area contributed by atoms with Crippen molar-refractivity contribution in [3.63, 3.8) is 0 Å². The molecule has 0 saturated heterocycles. The number of nitrogens with zero attached hydrogens (tertiary/aromatic N) is 6. The van der Waals surface area contributed by atoms with Crippen molar-refractivity contribution in [2.45, 2.75) is 25.2 Å². The number of nitrogens with two attached hydrogens (primary N) is 1. The summed E-state index contributed by atoms with van der Waals surface area (Å²) in [7, 11) is 0. The summed E-state index contributed by atoms with van der Waals surface area (Å²) in [5.74, 6) is -0.460. The summed E-state index contributed by atoms with van der Waals surface area (Å²) in [5.41, 5.74) is 4.04. The maximum absolute atomic E-state index is 13.8. The molecule has 8 nitrogen and oxygen atoms in total.